The topological polar surface area (TPSA) is 59.8 Å². The summed E-state index contributed by atoms with van der Waals surface area (Å²) in [5.41, 5.74) is 3.45. The van der Waals surface area contributed by atoms with Gasteiger partial charge in [-0.2, -0.15) is 5.10 Å². The summed E-state index contributed by atoms with van der Waals surface area (Å²) < 4.78 is 13.4. The first-order valence-corrected chi connectivity index (χ1v) is 7.27. The normalized spacial score (nSPS) is 22.1. The maximum Gasteiger partial charge on any atom is 0.182 e. The van der Waals surface area contributed by atoms with Gasteiger partial charge in [-0.1, -0.05) is 0 Å². The zero-order chi connectivity index (χ0) is 14.2. The van der Waals surface area contributed by atoms with Crippen molar-refractivity contribution in [3.8, 4) is 0 Å². The number of aliphatic hydroxyl groups excluding tert-OH is 1. The molecule has 1 aromatic rings. The molecule has 0 atom stereocenters. The fourth-order valence-electron chi connectivity index (χ4n) is 3.19. The zero-order valence-corrected chi connectivity index (χ0v) is 12.3. The number of ether oxygens (including phenoxy) is 2. The van der Waals surface area contributed by atoms with Crippen molar-refractivity contribution >= 4 is 0 Å². The smallest absolute Gasteiger partial charge is 0.182 e. The molecular formula is C14H23N3O3. The Morgan fingerprint density at radius 3 is 2.75 bits per heavy atom. The average Bonchev–Trinajstić information content (AvgIpc) is 3.10. The van der Waals surface area contributed by atoms with Crippen molar-refractivity contribution in [2.75, 3.05) is 32.9 Å². The minimum atomic E-state index is -0.358. The minimum Gasteiger partial charge on any atom is -0.394 e. The number of likely N-dealkylation sites (tertiary alicyclic amines) is 1. The first kappa shape index (κ1) is 14.0. The predicted octanol–water partition coefficient (Wildman–Crippen LogP) is 0.441. The second-order valence-electron chi connectivity index (χ2n) is 5.66. The van der Waals surface area contributed by atoms with Crippen molar-refractivity contribution in [3.63, 3.8) is 0 Å². The Bertz CT molecular complexity index is 480. The highest BCUT2D eigenvalue weighted by atomic mass is 16.7. The van der Waals surface area contributed by atoms with Gasteiger partial charge in [0.2, 0.25) is 0 Å². The van der Waals surface area contributed by atoms with E-state index in [0.717, 1.165) is 37.4 Å². The van der Waals surface area contributed by atoms with Gasteiger partial charge in [0.15, 0.2) is 5.79 Å². The summed E-state index contributed by atoms with van der Waals surface area (Å²) in [6.45, 7) is 8.89. The van der Waals surface area contributed by atoms with Gasteiger partial charge < -0.3 is 14.6 Å². The maximum absolute atomic E-state index is 9.06. The Morgan fingerprint density at radius 2 is 2.05 bits per heavy atom. The van der Waals surface area contributed by atoms with Crippen LogP contribution in [0.1, 0.15) is 23.4 Å². The molecule has 0 radical (unpaired) electrons. The molecule has 1 spiro atoms. The van der Waals surface area contributed by atoms with Gasteiger partial charge in [0.25, 0.3) is 0 Å². The SMILES string of the molecule is Cc1nn(CCO)c(C)c1CN1CCC2(C1)OCCO2. The Kier molecular flexibility index (Phi) is 3.81. The molecule has 20 heavy (non-hydrogen) atoms. The molecular weight excluding hydrogens is 258 g/mol. The van der Waals surface area contributed by atoms with Crippen molar-refractivity contribution in [1.29, 1.82) is 0 Å². The van der Waals surface area contributed by atoms with Crippen LogP contribution < -0.4 is 0 Å². The molecule has 2 fully saturated rings. The van der Waals surface area contributed by atoms with Crippen LogP contribution in [0.25, 0.3) is 0 Å². The van der Waals surface area contributed by atoms with Gasteiger partial charge in [0, 0.05) is 30.8 Å². The average molecular weight is 281 g/mol. The van der Waals surface area contributed by atoms with Crippen LogP contribution in [0.4, 0.5) is 0 Å². The molecule has 2 aliphatic heterocycles. The van der Waals surface area contributed by atoms with E-state index in [1.807, 2.05) is 11.6 Å². The molecule has 2 saturated heterocycles. The number of nitrogens with zero attached hydrogens (tertiary/aromatic N) is 3. The first-order chi connectivity index (χ1) is 9.63. The summed E-state index contributed by atoms with van der Waals surface area (Å²) in [4.78, 5) is 2.37. The summed E-state index contributed by atoms with van der Waals surface area (Å²) in [5, 5.41) is 13.6. The standard InChI is InChI=1S/C14H23N3O3/c1-11-13(12(2)17(15-11)5-6-18)9-16-4-3-14(10-16)19-7-8-20-14/h18H,3-10H2,1-2H3. The van der Waals surface area contributed by atoms with Crippen molar-refractivity contribution in [2.24, 2.45) is 0 Å². The zero-order valence-electron chi connectivity index (χ0n) is 12.3. The molecule has 1 aromatic heterocycles. The van der Waals surface area contributed by atoms with E-state index < -0.39 is 0 Å². The van der Waals surface area contributed by atoms with E-state index in [0.29, 0.717) is 19.8 Å². The van der Waals surface area contributed by atoms with E-state index in [1.54, 1.807) is 0 Å². The molecule has 6 heteroatoms. The fraction of sp³-hybridized carbons (Fsp3) is 0.786. The molecule has 112 valence electrons. The molecule has 1 N–H and O–H groups in total. The van der Waals surface area contributed by atoms with E-state index >= 15 is 0 Å². The largest absolute Gasteiger partial charge is 0.394 e. The molecule has 0 unspecified atom stereocenters. The lowest BCUT2D eigenvalue weighted by atomic mass is 10.2. The number of hydrogen-bond donors (Lipinski definition) is 1. The molecule has 0 aliphatic carbocycles. The van der Waals surface area contributed by atoms with Gasteiger partial charge in [-0.15, -0.1) is 0 Å². The third-order valence-electron chi connectivity index (χ3n) is 4.31. The van der Waals surface area contributed by atoms with Gasteiger partial charge in [-0.25, -0.2) is 0 Å². The summed E-state index contributed by atoms with van der Waals surface area (Å²) in [7, 11) is 0. The van der Waals surface area contributed by atoms with Gasteiger partial charge in [-0.3, -0.25) is 9.58 Å². The Morgan fingerprint density at radius 1 is 1.30 bits per heavy atom. The monoisotopic (exact) mass is 281 g/mol. The van der Waals surface area contributed by atoms with E-state index in [-0.39, 0.29) is 12.4 Å². The number of aliphatic hydroxyl groups is 1. The summed E-state index contributed by atoms with van der Waals surface area (Å²) in [5.74, 6) is -0.358. The van der Waals surface area contributed by atoms with Crippen molar-refractivity contribution in [2.45, 2.75) is 39.1 Å². The lowest BCUT2D eigenvalue weighted by Gasteiger charge is -2.22. The van der Waals surface area contributed by atoms with Gasteiger partial charge in [0.05, 0.1) is 38.6 Å². The lowest BCUT2D eigenvalue weighted by Crippen LogP contribution is -2.34. The highest BCUT2D eigenvalue weighted by molar-refractivity contribution is 5.24. The Labute approximate surface area is 119 Å². The van der Waals surface area contributed by atoms with E-state index in [1.165, 1.54) is 5.56 Å². The molecule has 6 nitrogen and oxygen atoms in total. The highest BCUT2D eigenvalue weighted by Crippen LogP contribution is 2.31. The predicted molar refractivity (Wildman–Crippen MR) is 73.3 cm³/mol. The number of rotatable bonds is 4. The first-order valence-electron chi connectivity index (χ1n) is 7.27. The van der Waals surface area contributed by atoms with Crippen LogP contribution in [0.5, 0.6) is 0 Å². The van der Waals surface area contributed by atoms with E-state index in [2.05, 4.69) is 16.9 Å². The minimum absolute atomic E-state index is 0.121. The molecule has 3 rings (SSSR count). The van der Waals surface area contributed by atoms with Crippen LogP contribution >= 0.6 is 0 Å². The summed E-state index contributed by atoms with van der Waals surface area (Å²) >= 11 is 0. The van der Waals surface area contributed by atoms with E-state index in [9.17, 15) is 0 Å². The Balaban J connectivity index is 1.69. The molecule has 0 amide bonds. The second-order valence-corrected chi connectivity index (χ2v) is 5.66. The lowest BCUT2D eigenvalue weighted by molar-refractivity contribution is -0.145. The number of aryl methyl sites for hydroxylation is 1. The molecule has 3 heterocycles. The van der Waals surface area contributed by atoms with Crippen LogP contribution in [0, 0.1) is 13.8 Å². The van der Waals surface area contributed by atoms with Crippen LogP contribution in [-0.2, 0) is 22.6 Å². The second kappa shape index (κ2) is 5.44. The third kappa shape index (κ3) is 2.48. The highest BCUT2D eigenvalue weighted by Gasteiger charge is 2.43. The van der Waals surface area contributed by atoms with Gasteiger partial charge in [0.1, 0.15) is 0 Å². The quantitative estimate of drug-likeness (QED) is 0.868. The number of aromatic nitrogens is 2. The van der Waals surface area contributed by atoms with Crippen molar-refractivity contribution < 1.29 is 14.6 Å². The fourth-order valence-corrected chi connectivity index (χ4v) is 3.19. The van der Waals surface area contributed by atoms with Crippen molar-refractivity contribution in [3.05, 3.63) is 17.0 Å². The Hall–Kier alpha value is -0.950. The number of hydrogen-bond acceptors (Lipinski definition) is 5. The maximum atomic E-state index is 9.06. The third-order valence-corrected chi connectivity index (χ3v) is 4.31. The van der Waals surface area contributed by atoms with Crippen LogP contribution in [0.15, 0.2) is 0 Å². The molecule has 0 saturated carbocycles. The van der Waals surface area contributed by atoms with Crippen LogP contribution in [0.2, 0.25) is 0 Å². The molecule has 2 aliphatic rings. The summed E-state index contributed by atoms with van der Waals surface area (Å²) in [6.07, 6.45) is 0.940. The molecule has 0 aromatic carbocycles. The van der Waals surface area contributed by atoms with Crippen molar-refractivity contribution in [1.82, 2.24) is 14.7 Å². The van der Waals surface area contributed by atoms with E-state index in [4.69, 9.17) is 14.6 Å². The van der Waals surface area contributed by atoms with Gasteiger partial charge in [-0.05, 0) is 13.8 Å². The van der Waals surface area contributed by atoms with Crippen LogP contribution in [0.3, 0.4) is 0 Å². The van der Waals surface area contributed by atoms with Crippen LogP contribution in [-0.4, -0.2) is 58.5 Å². The molecule has 0 bridgehead atoms. The summed E-state index contributed by atoms with van der Waals surface area (Å²) in [6, 6.07) is 0. The van der Waals surface area contributed by atoms with Gasteiger partial charge >= 0.3 is 0 Å².